The Labute approximate surface area is 112 Å². The molecule has 100 valence electrons. The first-order chi connectivity index (χ1) is 9.24. The summed E-state index contributed by atoms with van der Waals surface area (Å²) in [6, 6.07) is 9.86. The lowest BCUT2D eigenvalue weighted by molar-refractivity contribution is 0.0601. The molecule has 1 aromatic carbocycles. The Morgan fingerprint density at radius 3 is 2.89 bits per heavy atom. The monoisotopic (exact) mass is 259 g/mol. The molecule has 2 rings (SSSR count). The van der Waals surface area contributed by atoms with E-state index in [9.17, 15) is 4.79 Å². The summed E-state index contributed by atoms with van der Waals surface area (Å²) in [5.74, 6) is -0.318. The van der Waals surface area contributed by atoms with Crippen molar-refractivity contribution < 1.29 is 9.53 Å². The molecule has 1 atom stereocenters. The summed E-state index contributed by atoms with van der Waals surface area (Å²) in [6.45, 7) is 2.24. The highest BCUT2D eigenvalue weighted by molar-refractivity contribution is 5.89. The lowest BCUT2D eigenvalue weighted by Gasteiger charge is -2.19. The van der Waals surface area contributed by atoms with Gasteiger partial charge < -0.3 is 9.64 Å². The minimum Gasteiger partial charge on any atom is -0.465 e. The van der Waals surface area contributed by atoms with Gasteiger partial charge in [-0.2, -0.15) is 5.26 Å². The lowest BCUT2D eigenvalue weighted by atomic mass is 10.2. The van der Waals surface area contributed by atoms with Crippen molar-refractivity contribution in [2.24, 2.45) is 0 Å². The van der Waals surface area contributed by atoms with Crippen molar-refractivity contribution >= 4 is 11.7 Å². The molecule has 0 aromatic heterocycles. The van der Waals surface area contributed by atoms with Gasteiger partial charge >= 0.3 is 5.97 Å². The fourth-order valence-corrected chi connectivity index (χ4v) is 2.28. The number of nitrogens with one attached hydrogen (secondary N) is 1. The van der Waals surface area contributed by atoms with Crippen molar-refractivity contribution in [3.05, 3.63) is 29.8 Å². The molecule has 5 nitrogen and oxygen atoms in total. The SMILES string of the molecule is COC(=O)c1ccc(N2CCC(NCC#N)C2)cc1. The molecule has 0 radical (unpaired) electrons. The van der Waals surface area contributed by atoms with E-state index >= 15 is 0 Å². The molecule has 19 heavy (non-hydrogen) atoms. The van der Waals surface area contributed by atoms with Crippen LogP contribution < -0.4 is 10.2 Å². The van der Waals surface area contributed by atoms with Gasteiger partial charge in [0.05, 0.1) is 25.3 Å². The van der Waals surface area contributed by atoms with Crippen LogP contribution in [-0.2, 0) is 4.74 Å². The molecule has 1 aliphatic heterocycles. The predicted octanol–water partition coefficient (Wildman–Crippen LogP) is 1.17. The number of esters is 1. The molecule has 1 saturated heterocycles. The van der Waals surface area contributed by atoms with Crippen LogP contribution in [0, 0.1) is 11.3 Å². The zero-order valence-corrected chi connectivity index (χ0v) is 10.9. The van der Waals surface area contributed by atoms with Crippen LogP contribution >= 0.6 is 0 Å². The Kier molecular flexibility index (Phi) is 4.37. The predicted molar refractivity (Wildman–Crippen MR) is 72.0 cm³/mol. The molecule has 0 bridgehead atoms. The molecule has 0 saturated carbocycles. The summed E-state index contributed by atoms with van der Waals surface area (Å²) < 4.78 is 4.67. The number of nitriles is 1. The van der Waals surface area contributed by atoms with Crippen molar-refractivity contribution in [3.8, 4) is 6.07 Å². The van der Waals surface area contributed by atoms with E-state index in [1.54, 1.807) is 12.1 Å². The molecule has 1 heterocycles. The second-order valence-electron chi connectivity index (χ2n) is 4.51. The Morgan fingerprint density at radius 2 is 2.26 bits per heavy atom. The average molecular weight is 259 g/mol. The highest BCUT2D eigenvalue weighted by Crippen LogP contribution is 2.21. The van der Waals surface area contributed by atoms with Crippen LogP contribution in [0.1, 0.15) is 16.8 Å². The van der Waals surface area contributed by atoms with Gasteiger partial charge in [0.15, 0.2) is 0 Å². The number of carbonyl (C=O) groups excluding carboxylic acids is 1. The van der Waals surface area contributed by atoms with Crippen LogP contribution in [0.3, 0.4) is 0 Å². The minimum absolute atomic E-state index is 0.318. The largest absolute Gasteiger partial charge is 0.465 e. The van der Waals surface area contributed by atoms with E-state index in [0.717, 1.165) is 25.2 Å². The average Bonchev–Trinajstić information content (AvgIpc) is 2.93. The molecule has 1 unspecified atom stereocenters. The van der Waals surface area contributed by atoms with E-state index < -0.39 is 0 Å². The lowest BCUT2D eigenvalue weighted by Crippen LogP contribution is -2.32. The summed E-state index contributed by atoms with van der Waals surface area (Å²) in [4.78, 5) is 13.6. The second-order valence-corrected chi connectivity index (χ2v) is 4.51. The Bertz CT molecular complexity index is 478. The normalized spacial score (nSPS) is 18.1. The summed E-state index contributed by atoms with van der Waals surface area (Å²) in [7, 11) is 1.38. The molecular weight excluding hydrogens is 242 g/mol. The molecule has 0 spiro atoms. The Morgan fingerprint density at radius 1 is 1.53 bits per heavy atom. The van der Waals surface area contributed by atoms with Gasteiger partial charge in [-0.05, 0) is 30.7 Å². The Hall–Kier alpha value is -2.06. The first-order valence-electron chi connectivity index (χ1n) is 6.28. The summed E-state index contributed by atoms with van der Waals surface area (Å²) in [5, 5.41) is 11.7. The third-order valence-corrected chi connectivity index (χ3v) is 3.31. The molecule has 5 heteroatoms. The molecule has 1 aromatic rings. The van der Waals surface area contributed by atoms with Gasteiger partial charge in [0.2, 0.25) is 0 Å². The van der Waals surface area contributed by atoms with Crippen LogP contribution in [0.2, 0.25) is 0 Å². The number of hydrogen-bond acceptors (Lipinski definition) is 5. The maximum Gasteiger partial charge on any atom is 0.337 e. The standard InChI is InChI=1S/C14H17N3O2/c1-19-14(18)11-2-4-13(5-3-11)17-9-6-12(10-17)16-8-7-15/h2-5,12,16H,6,8-10H2,1H3. The fourth-order valence-electron chi connectivity index (χ4n) is 2.28. The molecule has 1 N–H and O–H groups in total. The fraction of sp³-hybridized carbons (Fsp3) is 0.429. The number of carbonyl (C=O) groups is 1. The van der Waals surface area contributed by atoms with Gasteiger partial charge in [0.25, 0.3) is 0 Å². The molecular formula is C14H17N3O2. The highest BCUT2D eigenvalue weighted by Gasteiger charge is 2.22. The van der Waals surface area contributed by atoms with Crippen molar-refractivity contribution in [2.45, 2.75) is 12.5 Å². The van der Waals surface area contributed by atoms with Gasteiger partial charge in [-0.3, -0.25) is 5.32 Å². The third-order valence-electron chi connectivity index (χ3n) is 3.31. The van der Waals surface area contributed by atoms with E-state index in [-0.39, 0.29) is 5.97 Å². The van der Waals surface area contributed by atoms with Gasteiger partial charge in [-0.1, -0.05) is 0 Å². The quantitative estimate of drug-likeness (QED) is 0.649. The topological polar surface area (TPSA) is 65.4 Å². The van der Waals surface area contributed by atoms with Crippen molar-refractivity contribution in [1.29, 1.82) is 5.26 Å². The van der Waals surface area contributed by atoms with Crippen molar-refractivity contribution in [3.63, 3.8) is 0 Å². The van der Waals surface area contributed by atoms with E-state index in [0.29, 0.717) is 18.2 Å². The Balaban J connectivity index is 1.96. The number of hydrogen-bond donors (Lipinski definition) is 1. The maximum atomic E-state index is 11.3. The van der Waals surface area contributed by atoms with Crippen LogP contribution in [0.15, 0.2) is 24.3 Å². The van der Waals surface area contributed by atoms with Crippen molar-refractivity contribution in [1.82, 2.24) is 5.32 Å². The second kappa shape index (κ2) is 6.21. The number of rotatable bonds is 4. The maximum absolute atomic E-state index is 11.3. The van der Waals surface area contributed by atoms with Gasteiger partial charge in [-0.25, -0.2) is 4.79 Å². The molecule has 0 aliphatic carbocycles. The van der Waals surface area contributed by atoms with Gasteiger partial charge in [0.1, 0.15) is 0 Å². The third kappa shape index (κ3) is 3.24. The summed E-state index contributed by atoms with van der Waals surface area (Å²) in [6.07, 6.45) is 1.03. The summed E-state index contributed by atoms with van der Waals surface area (Å²) in [5.41, 5.74) is 1.65. The molecule has 1 aliphatic rings. The summed E-state index contributed by atoms with van der Waals surface area (Å²) >= 11 is 0. The zero-order valence-electron chi connectivity index (χ0n) is 10.9. The minimum atomic E-state index is -0.318. The van der Waals surface area contributed by atoms with Gasteiger partial charge in [0, 0.05) is 24.8 Å². The zero-order chi connectivity index (χ0) is 13.7. The number of anilines is 1. The smallest absolute Gasteiger partial charge is 0.337 e. The van der Waals surface area contributed by atoms with Crippen LogP contribution in [0.25, 0.3) is 0 Å². The van der Waals surface area contributed by atoms with Crippen LogP contribution in [0.5, 0.6) is 0 Å². The van der Waals surface area contributed by atoms with Crippen molar-refractivity contribution in [2.75, 3.05) is 31.6 Å². The van der Waals surface area contributed by atoms with E-state index in [1.165, 1.54) is 7.11 Å². The van der Waals surface area contributed by atoms with Crippen LogP contribution in [0.4, 0.5) is 5.69 Å². The van der Waals surface area contributed by atoms with E-state index in [1.807, 2.05) is 12.1 Å². The van der Waals surface area contributed by atoms with E-state index in [4.69, 9.17) is 5.26 Å². The number of ether oxygens (including phenoxy) is 1. The van der Waals surface area contributed by atoms with Gasteiger partial charge in [-0.15, -0.1) is 0 Å². The number of methoxy groups -OCH3 is 1. The van der Waals surface area contributed by atoms with Crippen LogP contribution in [-0.4, -0.2) is 38.8 Å². The molecule has 0 amide bonds. The first kappa shape index (κ1) is 13.4. The number of benzene rings is 1. The molecule has 1 fully saturated rings. The first-order valence-corrected chi connectivity index (χ1v) is 6.28. The highest BCUT2D eigenvalue weighted by atomic mass is 16.5. The number of nitrogens with zero attached hydrogens (tertiary/aromatic N) is 2. The van der Waals surface area contributed by atoms with E-state index in [2.05, 4.69) is 21.0 Å².